The number of benzene rings is 1. The van der Waals surface area contributed by atoms with E-state index in [9.17, 15) is 0 Å². The summed E-state index contributed by atoms with van der Waals surface area (Å²) in [6.45, 7) is 0.526. The van der Waals surface area contributed by atoms with Gasteiger partial charge in [-0.1, -0.05) is 18.2 Å². The lowest BCUT2D eigenvalue weighted by Gasteiger charge is -1.99. The summed E-state index contributed by atoms with van der Waals surface area (Å²) in [5.41, 5.74) is 0.980. The predicted molar refractivity (Wildman–Crippen MR) is 52.9 cm³/mol. The lowest BCUT2D eigenvalue weighted by atomic mass is 10.2. The number of nitrogens with zero attached hydrogens (tertiary/aromatic N) is 2. The first-order chi connectivity index (χ1) is 6.90. The van der Waals surface area contributed by atoms with Gasteiger partial charge in [-0.05, 0) is 12.1 Å². The van der Waals surface area contributed by atoms with Crippen LogP contribution >= 0.6 is 0 Å². The second-order valence-electron chi connectivity index (χ2n) is 3.13. The van der Waals surface area contributed by atoms with Gasteiger partial charge in [-0.2, -0.15) is 5.26 Å². The van der Waals surface area contributed by atoms with E-state index in [2.05, 4.69) is 11.1 Å². The highest BCUT2D eigenvalue weighted by Crippen LogP contribution is 2.13. The summed E-state index contributed by atoms with van der Waals surface area (Å²) in [6, 6.07) is 11.8. The topological polar surface area (TPSA) is 45.4 Å². The Hall–Kier alpha value is -1.82. The van der Waals surface area contributed by atoms with E-state index in [0.29, 0.717) is 18.9 Å². The predicted octanol–water partition coefficient (Wildman–Crippen LogP) is 1.75. The molecule has 0 saturated heterocycles. The summed E-state index contributed by atoms with van der Waals surface area (Å²) in [5.74, 6) is 0.658. The van der Waals surface area contributed by atoms with Gasteiger partial charge in [-0.15, -0.1) is 0 Å². The van der Waals surface area contributed by atoms with Crippen molar-refractivity contribution in [3.05, 3.63) is 35.9 Å². The van der Waals surface area contributed by atoms with Crippen LogP contribution in [0.2, 0.25) is 0 Å². The Balaban J connectivity index is 2.15. The van der Waals surface area contributed by atoms with Crippen molar-refractivity contribution < 1.29 is 4.74 Å². The van der Waals surface area contributed by atoms with Gasteiger partial charge >= 0.3 is 0 Å². The van der Waals surface area contributed by atoms with Crippen molar-refractivity contribution >= 4 is 5.90 Å². The highest BCUT2D eigenvalue weighted by molar-refractivity contribution is 5.95. The highest BCUT2D eigenvalue weighted by Gasteiger charge is 2.19. The molecule has 2 rings (SSSR count). The maximum atomic E-state index is 8.51. The number of nitriles is 1. The van der Waals surface area contributed by atoms with Gasteiger partial charge in [0.15, 0.2) is 0 Å². The molecule has 1 aromatic rings. The molecule has 0 spiro atoms. The van der Waals surface area contributed by atoms with Crippen LogP contribution in [0.1, 0.15) is 12.0 Å². The molecular formula is C11H10N2O. The zero-order chi connectivity index (χ0) is 9.80. The van der Waals surface area contributed by atoms with Gasteiger partial charge in [-0.3, -0.25) is 0 Å². The molecule has 1 aliphatic rings. The molecule has 0 aromatic heterocycles. The summed E-state index contributed by atoms with van der Waals surface area (Å²) >= 11 is 0. The summed E-state index contributed by atoms with van der Waals surface area (Å²) in [4.78, 5) is 4.32. The summed E-state index contributed by atoms with van der Waals surface area (Å²) < 4.78 is 5.40. The first-order valence-electron chi connectivity index (χ1n) is 4.53. The number of aliphatic imine (C=N–C) groups is 1. The van der Waals surface area contributed by atoms with Gasteiger partial charge in [0.2, 0.25) is 5.90 Å². The fraction of sp³-hybridized carbons (Fsp3) is 0.273. The molecule has 0 bridgehead atoms. The van der Waals surface area contributed by atoms with E-state index in [0.717, 1.165) is 5.56 Å². The second-order valence-corrected chi connectivity index (χ2v) is 3.13. The van der Waals surface area contributed by atoms with Crippen molar-refractivity contribution in [1.82, 2.24) is 0 Å². The Labute approximate surface area is 82.7 Å². The molecule has 1 unspecified atom stereocenters. The molecule has 1 aromatic carbocycles. The molecule has 0 aliphatic carbocycles. The van der Waals surface area contributed by atoms with Gasteiger partial charge in [0.1, 0.15) is 12.6 Å². The Kier molecular flexibility index (Phi) is 2.46. The summed E-state index contributed by atoms with van der Waals surface area (Å²) in [6.07, 6.45) is 0.427. The van der Waals surface area contributed by atoms with Crippen LogP contribution in [-0.4, -0.2) is 18.5 Å². The highest BCUT2D eigenvalue weighted by atomic mass is 16.5. The lowest BCUT2D eigenvalue weighted by Crippen LogP contribution is -2.04. The van der Waals surface area contributed by atoms with Gasteiger partial charge in [0, 0.05) is 5.56 Å². The third-order valence-corrected chi connectivity index (χ3v) is 2.06. The third kappa shape index (κ3) is 1.74. The molecule has 1 atom stereocenters. The van der Waals surface area contributed by atoms with E-state index in [-0.39, 0.29) is 6.04 Å². The van der Waals surface area contributed by atoms with E-state index in [1.165, 1.54) is 0 Å². The molecule has 0 saturated carbocycles. The number of rotatable bonds is 2. The maximum Gasteiger partial charge on any atom is 0.216 e. The van der Waals surface area contributed by atoms with E-state index >= 15 is 0 Å². The average molecular weight is 186 g/mol. The van der Waals surface area contributed by atoms with Gasteiger partial charge < -0.3 is 4.74 Å². The molecule has 14 heavy (non-hydrogen) atoms. The normalized spacial score (nSPS) is 19.6. The number of hydrogen-bond acceptors (Lipinski definition) is 3. The van der Waals surface area contributed by atoms with Crippen molar-refractivity contribution in [2.45, 2.75) is 12.5 Å². The largest absolute Gasteiger partial charge is 0.475 e. The van der Waals surface area contributed by atoms with Gasteiger partial charge in [0.05, 0.1) is 12.5 Å². The standard InChI is InChI=1S/C11H10N2O/c12-7-6-10-8-14-11(13-10)9-4-2-1-3-5-9/h1-5,10H,6,8H2. The van der Waals surface area contributed by atoms with Crippen LogP contribution in [0.15, 0.2) is 35.3 Å². The minimum atomic E-state index is 0.00945. The second kappa shape index (κ2) is 3.93. The maximum absolute atomic E-state index is 8.51. The zero-order valence-electron chi connectivity index (χ0n) is 7.68. The Bertz CT molecular complexity index is 378. The van der Waals surface area contributed by atoms with E-state index < -0.39 is 0 Å². The minimum Gasteiger partial charge on any atom is -0.475 e. The monoisotopic (exact) mass is 186 g/mol. The third-order valence-electron chi connectivity index (χ3n) is 2.06. The molecule has 1 aliphatic heterocycles. The minimum absolute atomic E-state index is 0.00945. The van der Waals surface area contributed by atoms with Crippen LogP contribution in [0.3, 0.4) is 0 Å². The molecule has 0 amide bonds. The SMILES string of the molecule is N#CCC1COC(c2ccccc2)=N1. The van der Waals surface area contributed by atoms with Crippen molar-refractivity contribution in [2.24, 2.45) is 4.99 Å². The first-order valence-corrected chi connectivity index (χ1v) is 4.53. The first kappa shape index (κ1) is 8.76. The van der Waals surface area contributed by atoms with Crippen LogP contribution in [-0.2, 0) is 4.74 Å². The Morgan fingerprint density at radius 2 is 2.21 bits per heavy atom. The average Bonchev–Trinajstić information content (AvgIpc) is 2.68. The van der Waals surface area contributed by atoms with E-state index in [1.54, 1.807) is 0 Å². The number of ether oxygens (including phenoxy) is 1. The van der Waals surface area contributed by atoms with Crippen LogP contribution in [0, 0.1) is 11.3 Å². The van der Waals surface area contributed by atoms with Crippen LogP contribution < -0.4 is 0 Å². The molecule has 3 nitrogen and oxygen atoms in total. The molecular weight excluding hydrogens is 176 g/mol. The fourth-order valence-electron chi connectivity index (χ4n) is 1.36. The molecule has 3 heteroatoms. The van der Waals surface area contributed by atoms with Gasteiger partial charge in [0.25, 0.3) is 0 Å². The Morgan fingerprint density at radius 3 is 2.93 bits per heavy atom. The molecule has 0 fully saturated rings. The quantitative estimate of drug-likeness (QED) is 0.706. The van der Waals surface area contributed by atoms with E-state index in [1.807, 2.05) is 30.3 Å². The van der Waals surface area contributed by atoms with E-state index in [4.69, 9.17) is 10.00 Å². The zero-order valence-corrected chi connectivity index (χ0v) is 7.68. The van der Waals surface area contributed by atoms with Crippen LogP contribution in [0.5, 0.6) is 0 Å². The number of hydrogen-bond donors (Lipinski definition) is 0. The van der Waals surface area contributed by atoms with Gasteiger partial charge in [-0.25, -0.2) is 4.99 Å². The molecule has 1 heterocycles. The molecule has 70 valence electrons. The van der Waals surface area contributed by atoms with Crippen molar-refractivity contribution in [2.75, 3.05) is 6.61 Å². The van der Waals surface area contributed by atoms with Crippen molar-refractivity contribution in [3.63, 3.8) is 0 Å². The van der Waals surface area contributed by atoms with Crippen LogP contribution in [0.4, 0.5) is 0 Å². The van der Waals surface area contributed by atoms with Crippen molar-refractivity contribution in [3.8, 4) is 6.07 Å². The smallest absolute Gasteiger partial charge is 0.216 e. The Morgan fingerprint density at radius 1 is 1.43 bits per heavy atom. The summed E-state index contributed by atoms with van der Waals surface area (Å²) in [5, 5.41) is 8.51. The molecule has 0 N–H and O–H groups in total. The lowest BCUT2D eigenvalue weighted by molar-refractivity contribution is 0.319. The summed E-state index contributed by atoms with van der Waals surface area (Å²) in [7, 11) is 0. The molecule has 0 radical (unpaired) electrons. The van der Waals surface area contributed by atoms with Crippen LogP contribution in [0.25, 0.3) is 0 Å². The fourth-order valence-corrected chi connectivity index (χ4v) is 1.36. The van der Waals surface area contributed by atoms with Crippen molar-refractivity contribution in [1.29, 1.82) is 5.26 Å².